The molecular formula is C27H24N2O4. The van der Waals surface area contributed by atoms with Gasteiger partial charge < -0.3 is 14.0 Å². The lowest BCUT2D eigenvalue weighted by Crippen LogP contribution is -2.03. The number of carbonyl (C=O) groups excluding carboxylic acids is 2. The van der Waals surface area contributed by atoms with Crippen LogP contribution in [0.15, 0.2) is 77.9 Å². The number of para-hydroxylation sites is 1. The predicted octanol–water partition coefficient (Wildman–Crippen LogP) is 5.32. The molecule has 6 heteroatoms. The Labute approximate surface area is 192 Å². The van der Waals surface area contributed by atoms with Crippen LogP contribution >= 0.6 is 0 Å². The lowest BCUT2D eigenvalue weighted by Gasteiger charge is -2.07. The van der Waals surface area contributed by atoms with E-state index in [0.717, 1.165) is 27.6 Å². The normalized spacial score (nSPS) is 11.1. The molecule has 33 heavy (non-hydrogen) atoms. The van der Waals surface area contributed by atoms with Crippen LogP contribution in [0.1, 0.15) is 37.4 Å². The molecule has 0 amide bonds. The lowest BCUT2D eigenvalue weighted by atomic mass is 10.1. The van der Waals surface area contributed by atoms with E-state index in [1.54, 1.807) is 18.2 Å². The molecule has 0 bridgehead atoms. The van der Waals surface area contributed by atoms with Gasteiger partial charge >= 0.3 is 11.9 Å². The number of methoxy groups -OCH3 is 2. The molecule has 0 saturated carbocycles. The highest BCUT2D eigenvalue weighted by molar-refractivity contribution is 6.00. The van der Waals surface area contributed by atoms with Gasteiger partial charge in [0.1, 0.15) is 0 Å². The molecule has 4 rings (SSSR count). The summed E-state index contributed by atoms with van der Waals surface area (Å²) >= 11 is 0. The van der Waals surface area contributed by atoms with Crippen LogP contribution in [0.5, 0.6) is 0 Å². The van der Waals surface area contributed by atoms with Crippen LogP contribution in [0.3, 0.4) is 0 Å². The molecule has 0 saturated heterocycles. The minimum atomic E-state index is -0.379. The Morgan fingerprint density at radius 2 is 1.70 bits per heavy atom. The summed E-state index contributed by atoms with van der Waals surface area (Å²) in [6, 6.07) is 20.9. The zero-order chi connectivity index (χ0) is 23.4. The van der Waals surface area contributed by atoms with Gasteiger partial charge in [0.25, 0.3) is 0 Å². The summed E-state index contributed by atoms with van der Waals surface area (Å²) < 4.78 is 11.8. The maximum Gasteiger partial charge on any atom is 0.338 e. The third-order valence-corrected chi connectivity index (χ3v) is 5.57. The summed E-state index contributed by atoms with van der Waals surface area (Å²) in [4.78, 5) is 28.5. The van der Waals surface area contributed by atoms with Crippen molar-refractivity contribution in [3.05, 3.63) is 101 Å². The van der Waals surface area contributed by atoms with Gasteiger partial charge in [-0.15, -0.1) is 0 Å². The minimum absolute atomic E-state index is 0.355. The van der Waals surface area contributed by atoms with E-state index in [-0.39, 0.29) is 11.9 Å². The molecule has 0 radical (unpaired) electrons. The van der Waals surface area contributed by atoms with Crippen LogP contribution in [-0.4, -0.2) is 36.9 Å². The van der Waals surface area contributed by atoms with E-state index in [9.17, 15) is 9.59 Å². The van der Waals surface area contributed by atoms with Gasteiger partial charge in [-0.3, -0.25) is 4.99 Å². The van der Waals surface area contributed by atoms with Crippen LogP contribution in [0.25, 0.3) is 10.9 Å². The first-order chi connectivity index (χ1) is 16.0. The SMILES string of the molecule is COC(=O)c1cccc(Cn2cc(C=Nc3cccc(C(=O)OC)c3C)c3ccccc32)c1. The van der Waals surface area contributed by atoms with Crippen molar-refractivity contribution in [1.29, 1.82) is 0 Å². The van der Waals surface area contributed by atoms with E-state index in [0.29, 0.717) is 23.4 Å². The predicted molar refractivity (Wildman–Crippen MR) is 129 cm³/mol. The maximum absolute atomic E-state index is 12.0. The highest BCUT2D eigenvalue weighted by atomic mass is 16.5. The third kappa shape index (κ3) is 4.55. The average Bonchev–Trinajstić information content (AvgIpc) is 3.20. The number of hydrogen-bond acceptors (Lipinski definition) is 5. The van der Waals surface area contributed by atoms with Crippen molar-refractivity contribution < 1.29 is 19.1 Å². The molecule has 0 atom stereocenters. The smallest absolute Gasteiger partial charge is 0.338 e. The average molecular weight is 440 g/mol. The maximum atomic E-state index is 12.0. The van der Waals surface area contributed by atoms with Crippen molar-refractivity contribution in [2.24, 2.45) is 4.99 Å². The second-order valence-corrected chi connectivity index (χ2v) is 7.62. The largest absolute Gasteiger partial charge is 0.465 e. The van der Waals surface area contributed by atoms with E-state index in [4.69, 9.17) is 9.47 Å². The highest BCUT2D eigenvalue weighted by Gasteiger charge is 2.12. The first kappa shape index (κ1) is 22.0. The Morgan fingerprint density at radius 3 is 2.48 bits per heavy atom. The summed E-state index contributed by atoms with van der Waals surface area (Å²) in [7, 11) is 2.75. The number of benzene rings is 3. The van der Waals surface area contributed by atoms with Crippen molar-refractivity contribution in [3.63, 3.8) is 0 Å². The molecule has 3 aromatic carbocycles. The number of esters is 2. The molecule has 0 aliphatic carbocycles. The van der Waals surface area contributed by atoms with Crippen molar-refractivity contribution in [2.75, 3.05) is 14.2 Å². The van der Waals surface area contributed by atoms with Gasteiger partial charge in [-0.05, 0) is 48.4 Å². The molecule has 166 valence electrons. The second kappa shape index (κ2) is 9.53. The van der Waals surface area contributed by atoms with Crippen LogP contribution in [0.2, 0.25) is 0 Å². The number of aliphatic imine (C=N–C) groups is 1. The number of hydrogen-bond donors (Lipinski definition) is 0. The number of carbonyl (C=O) groups is 2. The Hall–Kier alpha value is -4.19. The quantitative estimate of drug-likeness (QED) is 0.300. The van der Waals surface area contributed by atoms with Crippen LogP contribution < -0.4 is 0 Å². The van der Waals surface area contributed by atoms with E-state index >= 15 is 0 Å². The molecular weight excluding hydrogens is 416 g/mol. The van der Waals surface area contributed by atoms with Crippen LogP contribution in [-0.2, 0) is 16.0 Å². The van der Waals surface area contributed by atoms with Crippen molar-refractivity contribution in [1.82, 2.24) is 4.57 Å². The van der Waals surface area contributed by atoms with Crippen molar-refractivity contribution >= 4 is 34.7 Å². The van der Waals surface area contributed by atoms with Crippen molar-refractivity contribution in [3.8, 4) is 0 Å². The minimum Gasteiger partial charge on any atom is -0.465 e. The first-order valence-corrected chi connectivity index (χ1v) is 10.5. The molecule has 1 aromatic heterocycles. The number of nitrogens with zero attached hydrogens (tertiary/aromatic N) is 2. The van der Waals surface area contributed by atoms with Crippen molar-refractivity contribution in [2.45, 2.75) is 13.5 Å². The molecule has 0 aliphatic rings. The molecule has 0 spiro atoms. The van der Waals surface area contributed by atoms with E-state index in [1.165, 1.54) is 14.2 Å². The highest BCUT2D eigenvalue weighted by Crippen LogP contribution is 2.25. The second-order valence-electron chi connectivity index (χ2n) is 7.62. The van der Waals surface area contributed by atoms with Gasteiger partial charge in [0.15, 0.2) is 0 Å². The summed E-state index contributed by atoms with van der Waals surface area (Å²) in [5.41, 5.74) is 5.50. The monoisotopic (exact) mass is 440 g/mol. The molecule has 6 nitrogen and oxygen atoms in total. The molecule has 4 aromatic rings. The number of aromatic nitrogens is 1. The van der Waals surface area contributed by atoms with Gasteiger partial charge in [0.05, 0.1) is 31.0 Å². The fourth-order valence-electron chi connectivity index (χ4n) is 3.85. The Balaban J connectivity index is 1.69. The Bertz CT molecular complexity index is 1370. The Morgan fingerprint density at radius 1 is 0.939 bits per heavy atom. The molecule has 0 unspecified atom stereocenters. The van der Waals surface area contributed by atoms with Gasteiger partial charge in [-0.25, -0.2) is 9.59 Å². The van der Waals surface area contributed by atoms with E-state index in [2.05, 4.69) is 21.7 Å². The number of fused-ring (bicyclic) bond motifs is 1. The zero-order valence-corrected chi connectivity index (χ0v) is 18.7. The summed E-state index contributed by atoms with van der Waals surface area (Å²) in [5.74, 6) is -0.734. The van der Waals surface area contributed by atoms with Gasteiger partial charge in [-0.1, -0.05) is 36.4 Å². The number of rotatable bonds is 6. The Kier molecular flexibility index (Phi) is 6.36. The number of ether oxygens (including phenoxy) is 2. The summed E-state index contributed by atoms with van der Waals surface area (Å²) in [5, 5.41) is 1.06. The van der Waals surface area contributed by atoms with Crippen LogP contribution in [0, 0.1) is 6.92 Å². The van der Waals surface area contributed by atoms with E-state index < -0.39 is 0 Å². The van der Waals surface area contributed by atoms with Gasteiger partial charge in [-0.2, -0.15) is 0 Å². The van der Waals surface area contributed by atoms with Crippen LogP contribution in [0.4, 0.5) is 5.69 Å². The summed E-state index contributed by atoms with van der Waals surface area (Å²) in [6.07, 6.45) is 3.85. The summed E-state index contributed by atoms with van der Waals surface area (Å²) in [6.45, 7) is 2.45. The third-order valence-electron chi connectivity index (χ3n) is 5.57. The van der Waals surface area contributed by atoms with Gasteiger partial charge in [0, 0.05) is 35.4 Å². The first-order valence-electron chi connectivity index (χ1n) is 10.5. The topological polar surface area (TPSA) is 69.9 Å². The van der Waals surface area contributed by atoms with E-state index in [1.807, 2.05) is 55.7 Å². The zero-order valence-electron chi connectivity index (χ0n) is 18.7. The molecule has 0 N–H and O–H groups in total. The van der Waals surface area contributed by atoms with Gasteiger partial charge in [0.2, 0.25) is 0 Å². The lowest BCUT2D eigenvalue weighted by molar-refractivity contribution is 0.0591. The standard InChI is InChI=1S/C27H24N2O4/c1-18-22(27(31)33-3)11-7-12-24(18)28-15-21-17-29(25-13-5-4-10-23(21)25)16-19-8-6-9-20(14-19)26(30)32-2/h4-15,17H,16H2,1-3H3. The molecule has 0 aliphatic heterocycles. The molecule has 0 fully saturated rings. The molecule has 1 heterocycles. The fraction of sp³-hybridized carbons (Fsp3) is 0.148. The fourth-order valence-corrected chi connectivity index (χ4v) is 3.85.